The lowest BCUT2D eigenvalue weighted by atomic mass is 9.95. The van der Waals surface area contributed by atoms with Crippen molar-refractivity contribution in [3.8, 4) is 5.75 Å². The fraction of sp³-hybridized carbons (Fsp3) is 0.588. The molecule has 1 atom stereocenters. The van der Waals surface area contributed by atoms with Crippen molar-refractivity contribution in [3.05, 3.63) is 29.8 Å². The summed E-state index contributed by atoms with van der Waals surface area (Å²) in [4.78, 5) is 14.8. The van der Waals surface area contributed by atoms with Gasteiger partial charge in [0.2, 0.25) is 15.9 Å². The molecule has 2 heterocycles. The van der Waals surface area contributed by atoms with Crippen LogP contribution in [0.3, 0.4) is 0 Å². The van der Waals surface area contributed by atoms with E-state index in [1.54, 1.807) is 0 Å². The number of amides is 1. The van der Waals surface area contributed by atoms with E-state index in [4.69, 9.17) is 4.74 Å². The van der Waals surface area contributed by atoms with Crippen LogP contribution in [0.5, 0.6) is 5.75 Å². The van der Waals surface area contributed by atoms with Gasteiger partial charge in [-0.3, -0.25) is 4.79 Å². The predicted molar refractivity (Wildman–Crippen MR) is 91.4 cm³/mol. The first-order valence-electron chi connectivity index (χ1n) is 8.40. The lowest BCUT2D eigenvalue weighted by molar-refractivity contribution is -0.135. The average molecular weight is 352 g/mol. The third-order valence-corrected chi connectivity index (χ3v) is 6.05. The molecule has 6 nitrogen and oxygen atoms in total. The summed E-state index contributed by atoms with van der Waals surface area (Å²) in [6.45, 7) is 2.48. The van der Waals surface area contributed by atoms with Crippen molar-refractivity contribution in [2.24, 2.45) is 5.92 Å². The van der Waals surface area contributed by atoms with Crippen LogP contribution in [0.2, 0.25) is 0 Å². The highest BCUT2D eigenvalue weighted by Gasteiger charge is 2.30. The van der Waals surface area contributed by atoms with Crippen molar-refractivity contribution in [2.45, 2.75) is 19.3 Å². The molecular weight excluding hydrogens is 328 g/mol. The van der Waals surface area contributed by atoms with Crippen molar-refractivity contribution in [2.75, 3.05) is 39.0 Å². The highest BCUT2D eigenvalue weighted by atomic mass is 32.2. The van der Waals surface area contributed by atoms with Gasteiger partial charge in [-0.05, 0) is 30.9 Å². The minimum Gasteiger partial charge on any atom is -0.493 e. The number of carbonyl (C=O) groups is 1. The molecule has 1 aromatic rings. The zero-order valence-corrected chi connectivity index (χ0v) is 14.8. The maximum absolute atomic E-state index is 12.9. The summed E-state index contributed by atoms with van der Waals surface area (Å²) in [5.41, 5.74) is 1.07. The minimum absolute atomic E-state index is 0.0987. The van der Waals surface area contributed by atoms with Crippen LogP contribution in [0.15, 0.2) is 24.3 Å². The van der Waals surface area contributed by atoms with E-state index in [9.17, 15) is 13.2 Å². The lowest BCUT2D eigenvalue weighted by Crippen LogP contribution is -2.40. The van der Waals surface area contributed by atoms with Gasteiger partial charge in [0.15, 0.2) is 0 Å². The molecule has 24 heavy (non-hydrogen) atoms. The average Bonchev–Trinajstić information content (AvgIpc) is 2.92. The normalized spacial score (nSPS) is 22.9. The third-order valence-electron chi connectivity index (χ3n) is 4.75. The first-order chi connectivity index (χ1) is 11.4. The highest BCUT2D eigenvalue weighted by Crippen LogP contribution is 2.27. The van der Waals surface area contributed by atoms with E-state index in [1.807, 2.05) is 29.2 Å². The maximum atomic E-state index is 12.9. The van der Waals surface area contributed by atoms with Crippen LogP contribution < -0.4 is 4.74 Å². The fourth-order valence-electron chi connectivity index (χ4n) is 3.41. The largest absolute Gasteiger partial charge is 0.493 e. The molecule has 1 aromatic carbocycles. The summed E-state index contributed by atoms with van der Waals surface area (Å²) in [6, 6.07) is 7.85. The molecule has 0 radical (unpaired) electrons. The summed E-state index contributed by atoms with van der Waals surface area (Å²) in [5.74, 6) is 0.885. The van der Waals surface area contributed by atoms with E-state index >= 15 is 0 Å². The molecule has 1 amide bonds. The standard InChI is InChI=1S/C17H24N2O4S/c1-24(21,22)19-9-4-8-18(10-11-19)17(20)15-7-12-23-16-6-3-2-5-14(16)13-15/h2-3,5-6,15H,4,7-13H2,1H3/t15-/m0/s1. The Labute approximate surface area is 143 Å². The van der Waals surface area contributed by atoms with Gasteiger partial charge >= 0.3 is 0 Å². The smallest absolute Gasteiger partial charge is 0.226 e. The van der Waals surface area contributed by atoms with E-state index in [0.29, 0.717) is 52.0 Å². The maximum Gasteiger partial charge on any atom is 0.226 e. The number of para-hydroxylation sites is 1. The molecule has 2 aliphatic rings. The second kappa shape index (κ2) is 7.11. The summed E-state index contributed by atoms with van der Waals surface area (Å²) in [5, 5.41) is 0. The van der Waals surface area contributed by atoms with Crippen LogP contribution in [0, 0.1) is 5.92 Å². The zero-order valence-electron chi connectivity index (χ0n) is 14.0. The Bertz CT molecular complexity index is 704. The number of sulfonamides is 1. The Morgan fingerprint density at radius 1 is 1.17 bits per heavy atom. The molecule has 0 bridgehead atoms. The first-order valence-corrected chi connectivity index (χ1v) is 10.2. The molecule has 0 aliphatic carbocycles. The van der Waals surface area contributed by atoms with Crippen molar-refractivity contribution in [3.63, 3.8) is 0 Å². The van der Waals surface area contributed by atoms with E-state index in [2.05, 4.69) is 0 Å². The Balaban J connectivity index is 1.68. The molecule has 0 spiro atoms. The summed E-state index contributed by atoms with van der Waals surface area (Å²) < 4.78 is 30.6. The monoisotopic (exact) mass is 352 g/mol. The predicted octanol–water partition coefficient (Wildman–Crippen LogP) is 1.12. The molecule has 0 aromatic heterocycles. The van der Waals surface area contributed by atoms with Crippen molar-refractivity contribution < 1.29 is 17.9 Å². The topological polar surface area (TPSA) is 66.9 Å². The molecule has 1 saturated heterocycles. The van der Waals surface area contributed by atoms with Crippen LogP contribution in [-0.4, -0.2) is 62.6 Å². The van der Waals surface area contributed by atoms with Crippen LogP contribution in [0.4, 0.5) is 0 Å². The highest BCUT2D eigenvalue weighted by molar-refractivity contribution is 7.88. The van der Waals surface area contributed by atoms with Gasteiger partial charge < -0.3 is 9.64 Å². The van der Waals surface area contributed by atoms with Crippen molar-refractivity contribution in [1.82, 2.24) is 9.21 Å². The quantitative estimate of drug-likeness (QED) is 0.800. The van der Waals surface area contributed by atoms with E-state index < -0.39 is 10.0 Å². The molecule has 0 N–H and O–H groups in total. The van der Waals surface area contributed by atoms with Crippen molar-refractivity contribution >= 4 is 15.9 Å². The molecule has 0 saturated carbocycles. The minimum atomic E-state index is -3.19. The molecule has 132 valence electrons. The van der Waals surface area contributed by atoms with Crippen LogP contribution in [-0.2, 0) is 21.2 Å². The SMILES string of the molecule is CS(=O)(=O)N1CCCN(C(=O)[C@H]2CCOc3ccccc3C2)CC1. The van der Waals surface area contributed by atoms with E-state index in [-0.39, 0.29) is 11.8 Å². The van der Waals surface area contributed by atoms with Gasteiger partial charge in [0.25, 0.3) is 0 Å². The van der Waals surface area contributed by atoms with Gasteiger partial charge in [-0.2, -0.15) is 0 Å². The van der Waals surface area contributed by atoms with Crippen LogP contribution in [0.1, 0.15) is 18.4 Å². The van der Waals surface area contributed by atoms with Crippen LogP contribution >= 0.6 is 0 Å². The molecule has 2 aliphatic heterocycles. The summed E-state index contributed by atoms with van der Waals surface area (Å²) in [7, 11) is -3.19. The van der Waals surface area contributed by atoms with Gasteiger partial charge in [0.1, 0.15) is 5.75 Å². The second-order valence-electron chi connectivity index (χ2n) is 6.49. The number of hydrogen-bond acceptors (Lipinski definition) is 4. The summed E-state index contributed by atoms with van der Waals surface area (Å²) >= 11 is 0. The number of benzene rings is 1. The van der Waals surface area contributed by atoms with E-state index in [0.717, 1.165) is 11.3 Å². The number of ether oxygens (including phenoxy) is 1. The molecule has 1 fully saturated rings. The molecule has 3 rings (SSSR count). The third kappa shape index (κ3) is 3.89. The fourth-order valence-corrected chi connectivity index (χ4v) is 4.28. The first kappa shape index (κ1) is 17.2. The molecule has 7 heteroatoms. The van der Waals surface area contributed by atoms with Gasteiger partial charge in [-0.15, -0.1) is 0 Å². The number of hydrogen-bond donors (Lipinski definition) is 0. The number of fused-ring (bicyclic) bond motifs is 1. The molecular formula is C17H24N2O4S. The second-order valence-corrected chi connectivity index (χ2v) is 8.47. The number of nitrogens with zero attached hydrogens (tertiary/aromatic N) is 2. The Morgan fingerprint density at radius 2 is 1.96 bits per heavy atom. The number of rotatable bonds is 2. The molecule has 0 unspecified atom stereocenters. The van der Waals surface area contributed by atoms with Gasteiger partial charge in [-0.1, -0.05) is 18.2 Å². The Hall–Kier alpha value is -1.60. The zero-order chi connectivity index (χ0) is 17.2. The lowest BCUT2D eigenvalue weighted by Gasteiger charge is -2.25. The van der Waals surface area contributed by atoms with Gasteiger partial charge in [0.05, 0.1) is 12.9 Å². The van der Waals surface area contributed by atoms with E-state index in [1.165, 1.54) is 10.6 Å². The Kier molecular flexibility index (Phi) is 5.10. The summed E-state index contributed by atoms with van der Waals surface area (Å²) in [6.07, 6.45) is 3.28. The Morgan fingerprint density at radius 3 is 2.75 bits per heavy atom. The van der Waals surface area contributed by atoms with Crippen molar-refractivity contribution in [1.29, 1.82) is 0 Å². The van der Waals surface area contributed by atoms with Gasteiger partial charge in [0, 0.05) is 32.1 Å². The number of carbonyl (C=O) groups excluding carboxylic acids is 1. The van der Waals surface area contributed by atoms with Crippen LogP contribution in [0.25, 0.3) is 0 Å². The van der Waals surface area contributed by atoms with Gasteiger partial charge in [-0.25, -0.2) is 12.7 Å².